The average Bonchev–Trinajstić information content (AvgIpc) is 2.48. The molecule has 0 heterocycles. The van der Waals surface area contributed by atoms with Crippen molar-refractivity contribution in [3.05, 3.63) is 78.9 Å². The Morgan fingerprint density at radius 1 is 1.00 bits per heavy atom. The van der Waals surface area contributed by atoms with Gasteiger partial charge in [-0.25, -0.2) is 0 Å². The predicted octanol–water partition coefficient (Wildman–Crippen LogP) is 2.96. The maximum absolute atomic E-state index is 5.67. The van der Waals surface area contributed by atoms with E-state index in [0.29, 0.717) is 26.4 Å². The zero-order valence-electron chi connectivity index (χ0n) is 10.9. The Morgan fingerprint density at radius 2 is 1.63 bits per heavy atom. The second kappa shape index (κ2) is 7.96. The van der Waals surface area contributed by atoms with E-state index in [1.807, 2.05) is 0 Å². The van der Waals surface area contributed by atoms with Crippen LogP contribution in [0.2, 0.25) is 0 Å². The Bertz CT molecular complexity index is 481. The molecule has 0 aliphatic carbocycles. The van der Waals surface area contributed by atoms with E-state index in [-0.39, 0.29) is 0 Å². The molecule has 0 fully saturated rings. The van der Waals surface area contributed by atoms with Gasteiger partial charge < -0.3 is 0 Å². The molecule has 0 bridgehead atoms. The maximum atomic E-state index is 5.67. The molecule has 0 saturated heterocycles. The van der Waals surface area contributed by atoms with Gasteiger partial charge in [0, 0.05) is 0 Å². The first-order chi connectivity index (χ1) is 9.40. The Morgan fingerprint density at radius 3 is 2.26 bits per heavy atom. The zero-order valence-corrected chi connectivity index (χ0v) is 12.6. The molecule has 0 aliphatic rings. The summed E-state index contributed by atoms with van der Waals surface area (Å²) in [5.41, 5.74) is 1.36. The summed E-state index contributed by atoms with van der Waals surface area (Å²) in [5.74, 6) is 0. The van der Waals surface area contributed by atoms with Crippen molar-refractivity contribution in [2.24, 2.45) is 0 Å². The van der Waals surface area contributed by atoms with Crippen LogP contribution >= 0.6 is 0 Å². The number of hydrogen-bond donors (Lipinski definition) is 0. The van der Waals surface area contributed by atoms with Gasteiger partial charge in [-0.15, -0.1) is 0 Å². The average molecular weight is 317 g/mol. The predicted molar refractivity (Wildman–Crippen MR) is 82.0 cm³/mol. The molecule has 0 spiro atoms. The number of ether oxygens (including phenoxy) is 1. The summed E-state index contributed by atoms with van der Waals surface area (Å²) >= 11 is 0.379. The normalized spacial score (nSPS) is 12.0. The van der Waals surface area contributed by atoms with E-state index >= 15 is 0 Å². The molecular formula is C17H18OSe. The number of hydrogen-bond acceptors (Lipinski definition) is 1. The molecular weight excluding hydrogens is 299 g/mol. The van der Waals surface area contributed by atoms with Crippen LogP contribution < -0.4 is 4.46 Å². The molecule has 0 saturated carbocycles. The summed E-state index contributed by atoms with van der Waals surface area (Å²) in [6.07, 6.45) is 1.80. The molecule has 2 aromatic carbocycles. The van der Waals surface area contributed by atoms with Crippen molar-refractivity contribution in [3.8, 4) is 0 Å². The van der Waals surface area contributed by atoms with Crippen LogP contribution in [0.1, 0.15) is 10.4 Å². The van der Waals surface area contributed by atoms with Crippen molar-refractivity contribution in [3.63, 3.8) is 0 Å². The van der Waals surface area contributed by atoms with Gasteiger partial charge in [-0.3, -0.25) is 0 Å². The van der Waals surface area contributed by atoms with Gasteiger partial charge in [0.2, 0.25) is 0 Å². The minimum atomic E-state index is 0.379. The van der Waals surface area contributed by atoms with E-state index in [1.165, 1.54) is 10.0 Å². The van der Waals surface area contributed by atoms with Gasteiger partial charge in [0.05, 0.1) is 0 Å². The van der Waals surface area contributed by atoms with Crippen molar-refractivity contribution in [1.82, 2.24) is 0 Å². The van der Waals surface area contributed by atoms with E-state index in [4.69, 9.17) is 4.74 Å². The molecule has 1 nitrogen and oxygen atoms in total. The van der Waals surface area contributed by atoms with Gasteiger partial charge >= 0.3 is 121 Å². The molecule has 0 amide bonds. The quantitative estimate of drug-likeness (QED) is 0.433. The molecule has 2 rings (SSSR count). The molecule has 2 heteroatoms. The van der Waals surface area contributed by atoms with Crippen LogP contribution in [-0.2, 0) is 4.74 Å². The second-order valence-electron chi connectivity index (χ2n) is 4.16. The molecule has 0 aromatic heterocycles. The van der Waals surface area contributed by atoms with Crippen molar-refractivity contribution in [2.75, 3.05) is 13.2 Å². The third kappa shape index (κ3) is 4.68. The Kier molecular flexibility index (Phi) is 5.89. The molecule has 19 heavy (non-hydrogen) atoms. The standard InChI is InChI=1S/C17H18OSe/c1-2-13-18-14-17(15-9-5-3-6-10-15)19-16-11-7-4-8-12-16/h2-12,17H,1,13-14H2. The summed E-state index contributed by atoms with van der Waals surface area (Å²) in [6, 6.07) is 21.3. The topological polar surface area (TPSA) is 9.23 Å². The van der Waals surface area contributed by atoms with Gasteiger partial charge in [-0.05, 0) is 0 Å². The SMILES string of the molecule is C=CCOCC([Se]c1ccccc1)c1ccccc1. The van der Waals surface area contributed by atoms with E-state index in [0.717, 1.165) is 6.61 Å². The zero-order chi connectivity index (χ0) is 13.3. The first kappa shape index (κ1) is 14.1. The van der Waals surface area contributed by atoms with E-state index in [2.05, 4.69) is 67.2 Å². The first-order valence-corrected chi connectivity index (χ1v) is 8.20. The minimum absolute atomic E-state index is 0.379. The van der Waals surface area contributed by atoms with E-state index < -0.39 is 0 Å². The molecule has 98 valence electrons. The van der Waals surface area contributed by atoms with Crippen LogP contribution in [0.15, 0.2) is 73.3 Å². The number of rotatable bonds is 7. The van der Waals surface area contributed by atoms with E-state index in [1.54, 1.807) is 6.08 Å². The van der Waals surface area contributed by atoms with E-state index in [9.17, 15) is 0 Å². The fourth-order valence-corrected chi connectivity index (χ4v) is 4.10. The molecule has 0 aliphatic heterocycles. The second-order valence-corrected chi connectivity index (χ2v) is 6.83. The summed E-state index contributed by atoms with van der Waals surface area (Å²) in [7, 11) is 0. The third-order valence-electron chi connectivity index (χ3n) is 2.70. The number of benzene rings is 2. The van der Waals surface area contributed by atoms with Crippen molar-refractivity contribution in [1.29, 1.82) is 0 Å². The molecule has 0 N–H and O–H groups in total. The van der Waals surface area contributed by atoms with Crippen molar-refractivity contribution in [2.45, 2.75) is 4.82 Å². The Hall–Kier alpha value is -1.34. The van der Waals surface area contributed by atoms with Gasteiger partial charge in [-0.1, -0.05) is 0 Å². The summed E-state index contributed by atoms with van der Waals surface area (Å²) in [5, 5.41) is 0. The Balaban J connectivity index is 2.08. The van der Waals surface area contributed by atoms with Gasteiger partial charge in [0.15, 0.2) is 0 Å². The van der Waals surface area contributed by atoms with Gasteiger partial charge in [0.1, 0.15) is 0 Å². The Labute approximate surface area is 121 Å². The first-order valence-electron chi connectivity index (χ1n) is 6.35. The fourth-order valence-electron chi connectivity index (χ4n) is 1.79. The third-order valence-corrected chi connectivity index (χ3v) is 5.29. The van der Waals surface area contributed by atoms with Crippen LogP contribution in [0, 0.1) is 0 Å². The summed E-state index contributed by atoms with van der Waals surface area (Å²) < 4.78 is 7.08. The van der Waals surface area contributed by atoms with Crippen LogP contribution in [0.5, 0.6) is 0 Å². The van der Waals surface area contributed by atoms with Crippen LogP contribution in [-0.4, -0.2) is 28.2 Å². The monoisotopic (exact) mass is 318 g/mol. The van der Waals surface area contributed by atoms with Crippen LogP contribution in [0.4, 0.5) is 0 Å². The van der Waals surface area contributed by atoms with Gasteiger partial charge in [0.25, 0.3) is 0 Å². The van der Waals surface area contributed by atoms with Gasteiger partial charge in [-0.2, -0.15) is 0 Å². The molecule has 1 unspecified atom stereocenters. The van der Waals surface area contributed by atoms with Crippen LogP contribution in [0.3, 0.4) is 0 Å². The van der Waals surface area contributed by atoms with Crippen molar-refractivity contribution < 1.29 is 4.74 Å². The molecule has 2 aromatic rings. The summed E-state index contributed by atoms with van der Waals surface area (Å²) in [6.45, 7) is 5.07. The van der Waals surface area contributed by atoms with Crippen LogP contribution in [0.25, 0.3) is 0 Å². The molecule has 1 atom stereocenters. The van der Waals surface area contributed by atoms with Crippen molar-refractivity contribution >= 4 is 19.4 Å². The molecule has 0 radical (unpaired) electrons. The fraction of sp³-hybridized carbons (Fsp3) is 0.176. The summed E-state index contributed by atoms with van der Waals surface area (Å²) in [4.78, 5) is 0.455.